The highest BCUT2D eigenvalue weighted by Crippen LogP contribution is 2.35. The fourth-order valence-corrected chi connectivity index (χ4v) is 3.26. The van der Waals surface area contributed by atoms with Crippen LogP contribution in [0.3, 0.4) is 0 Å². The molecule has 1 fully saturated rings. The molecule has 7 N–H and O–H groups in total. The van der Waals surface area contributed by atoms with Crippen LogP contribution in [0.25, 0.3) is 6.08 Å². The average Bonchev–Trinajstić information content (AvgIpc) is 2.77. The van der Waals surface area contributed by atoms with Crippen LogP contribution in [-0.4, -0.2) is 85.3 Å². The fraction of sp³-hybridized carbons (Fsp3) is 0.273. The quantitative estimate of drug-likeness (QED) is 0.207. The van der Waals surface area contributed by atoms with Gasteiger partial charge in [-0.1, -0.05) is 12.1 Å². The van der Waals surface area contributed by atoms with Gasteiger partial charge in [0.1, 0.15) is 41.1 Å². The van der Waals surface area contributed by atoms with E-state index >= 15 is 0 Å². The number of ketones is 1. The summed E-state index contributed by atoms with van der Waals surface area (Å²) in [5.74, 6) is -4.07. The smallest absolute Gasteiger partial charge is 0.335 e. The van der Waals surface area contributed by atoms with E-state index in [1.807, 2.05) is 0 Å². The van der Waals surface area contributed by atoms with Crippen LogP contribution in [0.15, 0.2) is 36.4 Å². The van der Waals surface area contributed by atoms with Crippen LogP contribution < -0.4 is 9.47 Å². The van der Waals surface area contributed by atoms with Gasteiger partial charge >= 0.3 is 5.97 Å². The number of methoxy groups -OCH3 is 1. The molecular formula is C22H22O12. The number of carboxylic acid groups (broad SMARTS) is 1. The lowest BCUT2D eigenvalue weighted by atomic mass is 9.99. The van der Waals surface area contributed by atoms with E-state index in [1.165, 1.54) is 25.3 Å². The molecule has 0 bridgehead atoms. The summed E-state index contributed by atoms with van der Waals surface area (Å²) in [6.07, 6.45) is -7.01. The molecular weight excluding hydrogens is 456 g/mol. The molecule has 0 aliphatic carbocycles. The standard InChI is InChI=1S/C22H22O12/c1-32-15-5-3-9(6-12(15)24)2-4-11(23)16-13(25)7-10(8-14(16)26)33-22-19(29)17(27)18(28)20(34-22)21(30)31/h2-8,17-20,22,24-29H,1H3,(H,30,31). The second-order valence-electron chi connectivity index (χ2n) is 7.32. The predicted octanol–water partition coefficient (Wildman–Crippen LogP) is -0.0209. The number of hydrogen-bond acceptors (Lipinski definition) is 11. The van der Waals surface area contributed by atoms with Crippen LogP contribution in [0.1, 0.15) is 15.9 Å². The predicted molar refractivity (Wildman–Crippen MR) is 113 cm³/mol. The summed E-state index contributed by atoms with van der Waals surface area (Å²) in [7, 11) is 1.38. The van der Waals surface area contributed by atoms with Gasteiger partial charge in [-0.3, -0.25) is 4.79 Å². The topological polar surface area (TPSA) is 203 Å². The van der Waals surface area contributed by atoms with E-state index < -0.39 is 59.5 Å². The maximum Gasteiger partial charge on any atom is 0.335 e. The highest BCUT2D eigenvalue weighted by Gasteiger charge is 2.48. The van der Waals surface area contributed by atoms with E-state index in [1.54, 1.807) is 6.07 Å². The van der Waals surface area contributed by atoms with Crippen LogP contribution in [0.5, 0.6) is 28.7 Å². The molecule has 1 heterocycles. The molecule has 3 rings (SSSR count). The lowest BCUT2D eigenvalue weighted by molar-refractivity contribution is -0.271. The number of phenolic OH excluding ortho intramolecular Hbond substituents is 3. The molecule has 12 heteroatoms. The number of allylic oxidation sites excluding steroid dienone is 1. The van der Waals surface area contributed by atoms with Gasteiger partial charge < -0.3 is 50.0 Å². The molecule has 182 valence electrons. The van der Waals surface area contributed by atoms with Gasteiger partial charge in [-0.05, 0) is 23.8 Å². The average molecular weight is 478 g/mol. The van der Waals surface area contributed by atoms with Gasteiger partial charge in [0.2, 0.25) is 6.29 Å². The molecule has 0 aromatic heterocycles. The summed E-state index contributed by atoms with van der Waals surface area (Å²) in [6, 6.07) is 6.19. The van der Waals surface area contributed by atoms with Crippen molar-refractivity contribution in [1.82, 2.24) is 0 Å². The summed E-state index contributed by atoms with van der Waals surface area (Å²) in [5, 5.41) is 68.9. The summed E-state index contributed by atoms with van der Waals surface area (Å²) >= 11 is 0. The Balaban J connectivity index is 1.78. The zero-order valence-electron chi connectivity index (χ0n) is 17.6. The first-order valence-electron chi connectivity index (χ1n) is 9.78. The third-order valence-electron chi connectivity index (χ3n) is 5.01. The molecule has 34 heavy (non-hydrogen) atoms. The van der Waals surface area contributed by atoms with Crippen molar-refractivity contribution in [1.29, 1.82) is 0 Å². The van der Waals surface area contributed by atoms with Gasteiger partial charge in [0, 0.05) is 12.1 Å². The van der Waals surface area contributed by atoms with Crippen molar-refractivity contribution in [3.05, 3.63) is 47.5 Å². The fourth-order valence-electron chi connectivity index (χ4n) is 3.26. The SMILES string of the molecule is COc1ccc(C=CC(=O)c2c(O)cc(OC3OC(C(=O)O)C(O)C(O)C3O)cc2O)cc1O. The van der Waals surface area contributed by atoms with Gasteiger partial charge in [0.25, 0.3) is 0 Å². The Kier molecular flexibility index (Phi) is 7.27. The van der Waals surface area contributed by atoms with Crippen LogP contribution in [0.4, 0.5) is 0 Å². The first-order valence-corrected chi connectivity index (χ1v) is 9.78. The maximum atomic E-state index is 12.5. The van der Waals surface area contributed by atoms with Crippen LogP contribution >= 0.6 is 0 Å². The number of carbonyl (C=O) groups excluding carboxylic acids is 1. The lowest BCUT2D eigenvalue weighted by Crippen LogP contribution is -2.61. The van der Waals surface area contributed by atoms with Crippen molar-refractivity contribution in [3.8, 4) is 28.7 Å². The largest absolute Gasteiger partial charge is 0.507 e. The van der Waals surface area contributed by atoms with Gasteiger partial charge in [-0.2, -0.15) is 0 Å². The summed E-state index contributed by atoms with van der Waals surface area (Å²) in [6.45, 7) is 0. The van der Waals surface area contributed by atoms with Gasteiger partial charge in [0.05, 0.1) is 7.11 Å². The number of hydrogen-bond donors (Lipinski definition) is 7. The van der Waals surface area contributed by atoms with Gasteiger partial charge in [-0.15, -0.1) is 0 Å². The van der Waals surface area contributed by atoms with E-state index in [0.29, 0.717) is 5.56 Å². The molecule has 0 amide bonds. The zero-order valence-corrected chi connectivity index (χ0v) is 17.6. The molecule has 12 nitrogen and oxygen atoms in total. The van der Waals surface area contributed by atoms with E-state index in [-0.39, 0.29) is 17.2 Å². The maximum absolute atomic E-state index is 12.5. The summed E-state index contributed by atoms with van der Waals surface area (Å²) in [5.41, 5.74) is -0.0481. The minimum atomic E-state index is -1.92. The Hall–Kier alpha value is -3.84. The van der Waals surface area contributed by atoms with Crippen molar-refractivity contribution in [3.63, 3.8) is 0 Å². The molecule has 1 aliphatic rings. The minimum absolute atomic E-state index is 0.154. The van der Waals surface area contributed by atoms with Crippen molar-refractivity contribution < 1.29 is 59.5 Å². The number of carboxylic acids is 1. The van der Waals surface area contributed by atoms with Crippen molar-refractivity contribution in [2.75, 3.05) is 7.11 Å². The number of aliphatic carboxylic acids is 1. The van der Waals surface area contributed by atoms with Crippen molar-refractivity contribution in [2.24, 2.45) is 0 Å². The molecule has 5 atom stereocenters. The number of aliphatic hydroxyl groups excluding tert-OH is 3. The van der Waals surface area contributed by atoms with Crippen molar-refractivity contribution >= 4 is 17.8 Å². The minimum Gasteiger partial charge on any atom is -0.507 e. The van der Waals surface area contributed by atoms with Crippen LogP contribution in [0, 0.1) is 0 Å². The Labute approximate surface area is 192 Å². The van der Waals surface area contributed by atoms with E-state index in [0.717, 1.165) is 18.2 Å². The third-order valence-corrected chi connectivity index (χ3v) is 5.01. The summed E-state index contributed by atoms with van der Waals surface area (Å²) in [4.78, 5) is 23.7. The Morgan fingerprint density at radius 2 is 1.59 bits per heavy atom. The third kappa shape index (κ3) is 5.05. The first kappa shape index (κ1) is 24.8. The molecule has 0 spiro atoms. The number of phenols is 3. The van der Waals surface area contributed by atoms with Gasteiger partial charge in [-0.25, -0.2) is 4.79 Å². The molecule has 5 unspecified atom stereocenters. The first-order chi connectivity index (χ1) is 16.0. The Morgan fingerprint density at radius 1 is 0.941 bits per heavy atom. The van der Waals surface area contributed by atoms with Crippen molar-refractivity contribution in [2.45, 2.75) is 30.7 Å². The number of rotatable bonds is 7. The highest BCUT2D eigenvalue weighted by molar-refractivity contribution is 6.10. The molecule has 1 saturated heterocycles. The number of aliphatic hydroxyl groups is 3. The molecule has 1 aliphatic heterocycles. The second-order valence-corrected chi connectivity index (χ2v) is 7.32. The number of benzene rings is 2. The Morgan fingerprint density at radius 3 is 2.15 bits per heavy atom. The Bertz CT molecular complexity index is 1090. The molecule has 2 aromatic rings. The summed E-state index contributed by atoms with van der Waals surface area (Å²) < 4.78 is 15.1. The second kappa shape index (κ2) is 9.97. The normalized spacial score (nSPS) is 24.6. The monoisotopic (exact) mass is 478 g/mol. The van der Waals surface area contributed by atoms with E-state index in [4.69, 9.17) is 19.3 Å². The van der Waals surface area contributed by atoms with E-state index in [2.05, 4.69) is 0 Å². The highest BCUT2D eigenvalue weighted by atomic mass is 16.7. The van der Waals surface area contributed by atoms with Crippen LogP contribution in [0.2, 0.25) is 0 Å². The number of ether oxygens (including phenoxy) is 3. The number of aromatic hydroxyl groups is 3. The molecule has 2 aromatic carbocycles. The molecule has 0 radical (unpaired) electrons. The van der Waals surface area contributed by atoms with E-state index in [9.17, 15) is 40.2 Å². The lowest BCUT2D eigenvalue weighted by Gasteiger charge is -2.38. The van der Waals surface area contributed by atoms with Gasteiger partial charge in [0.15, 0.2) is 23.4 Å². The number of carbonyl (C=O) groups is 2. The zero-order chi connectivity index (χ0) is 25.2. The van der Waals surface area contributed by atoms with Crippen LogP contribution in [-0.2, 0) is 9.53 Å². The molecule has 0 saturated carbocycles.